The molecule has 7 nitrogen and oxygen atoms in total. The number of para-hydroxylation sites is 2. The molecule has 156 valence electrons. The number of rotatable bonds is 5. The van der Waals surface area contributed by atoms with E-state index >= 15 is 0 Å². The van der Waals surface area contributed by atoms with Gasteiger partial charge in [0.25, 0.3) is 0 Å². The van der Waals surface area contributed by atoms with Crippen LogP contribution in [-0.2, 0) is 0 Å². The van der Waals surface area contributed by atoms with Gasteiger partial charge in [-0.2, -0.15) is 5.10 Å². The van der Waals surface area contributed by atoms with Crippen molar-refractivity contribution in [2.75, 3.05) is 0 Å². The lowest BCUT2D eigenvalue weighted by Gasteiger charge is -2.05. The van der Waals surface area contributed by atoms with E-state index in [1.165, 1.54) is 0 Å². The Kier molecular flexibility index (Phi) is 5.05. The number of benzene rings is 3. The Bertz CT molecular complexity index is 1360. The molecule has 2 aromatic heterocycles. The van der Waals surface area contributed by atoms with E-state index < -0.39 is 5.91 Å². The van der Waals surface area contributed by atoms with Crippen molar-refractivity contribution in [3.63, 3.8) is 0 Å². The first-order valence-corrected chi connectivity index (χ1v) is 10.2. The van der Waals surface area contributed by atoms with Crippen molar-refractivity contribution >= 4 is 23.0 Å². The van der Waals surface area contributed by atoms with E-state index in [1.54, 1.807) is 10.9 Å². The van der Waals surface area contributed by atoms with Crippen LogP contribution in [0.4, 0.5) is 0 Å². The summed E-state index contributed by atoms with van der Waals surface area (Å²) in [6.07, 6.45) is 1.64. The topological polar surface area (TPSA) is 88.0 Å². The molecule has 2 heterocycles. The number of fused-ring (bicyclic) bond motifs is 1. The normalized spacial score (nSPS) is 11.3. The first kappa shape index (κ1) is 19.4. The maximum absolute atomic E-state index is 12.8. The van der Waals surface area contributed by atoms with Crippen molar-refractivity contribution in [3.05, 3.63) is 102 Å². The first-order valence-electron chi connectivity index (χ1n) is 10.2. The van der Waals surface area contributed by atoms with E-state index in [9.17, 15) is 4.79 Å². The van der Waals surface area contributed by atoms with E-state index in [-0.39, 0.29) is 5.82 Å². The van der Waals surface area contributed by atoms with Gasteiger partial charge in [0.15, 0.2) is 5.82 Å². The fourth-order valence-electron chi connectivity index (χ4n) is 3.60. The predicted octanol–water partition coefficient (Wildman–Crippen LogP) is 4.49. The van der Waals surface area contributed by atoms with Crippen LogP contribution in [0.15, 0.2) is 90.0 Å². The Balaban J connectivity index is 1.44. The Morgan fingerprint density at radius 3 is 2.44 bits per heavy atom. The van der Waals surface area contributed by atoms with Crippen molar-refractivity contribution < 1.29 is 4.79 Å². The molecule has 2 N–H and O–H groups in total. The van der Waals surface area contributed by atoms with Crippen LogP contribution in [0.2, 0.25) is 0 Å². The number of amides is 1. The molecule has 0 fully saturated rings. The highest BCUT2D eigenvalue weighted by Gasteiger charge is 2.18. The summed E-state index contributed by atoms with van der Waals surface area (Å²) in [7, 11) is 0. The van der Waals surface area contributed by atoms with Crippen molar-refractivity contribution in [3.8, 4) is 17.1 Å². The molecular formula is C25H20N6O. The number of aromatic nitrogens is 4. The summed E-state index contributed by atoms with van der Waals surface area (Å²) >= 11 is 0. The van der Waals surface area contributed by atoms with Gasteiger partial charge < -0.3 is 4.98 Å². The minimum Gasteiger partial charge on any atom is -0.358 e. The number of H-pyrrole nitrogens is 1. The highest BCUT2D eigenvalue weighted by atomic mass is 16.2. The summed E-state index contributed by atoms with van der Waals surface area (Å²) in [5, 5.41) is 9.65. The zero-order chi connectivity index (χ0) is 21.9. The second kappa shape index (κ2) is 8.31. The Hall–Kier alpha value is -4.52. The van der Waals surface area contributed by atoms with Gasteiger partial charge in [0.1, 0.15) is 0 Å². The van der Waals surface area contributed by atoms with Gasteiger partial charge in [-0.05, 0) is 25.1 Å². The quantitative estimate of drug-likeness (QED) is 0.324. The van der Waals surface area contributed by atoms with Crippen molar-refractivity contribution in [1.29, 1.82) is 0 Å². The van der Waals surface area contributed by atoms with Gasteiger partial charge in [-0.25, -0.2) is 15.1 Å². The smallest absolute Gasteiger partial charge is 0.311 e. The number of nitrogens with one attached hydrogen (secondary N) is 2. The summed E-state index contributed by atoms with van der Waals surface area (Å²) in [5.41, 5.74) is 7.15. The molecule has 0 unspecified atom stereocenters. The van der Waals surface area contributed by atoms with Crippen LogP contribution in [0.25, 0.3) is 28.0 Å². The first-order chi connectivity index (χ1) is 15.7. The fourth-order valence-corrected chi connectivity index (χ4v) is 3.60. The third-order valence-electron chi connectivity index (χ3n) is 5.15. The minimum atomic E-state index is -0.481. The lowest BCUT2D eigenvalue weighted by molar-refractivity contribution is 0.0945. The van der Waals surface area contributed by atoms with Gasteiger partial charge in [0, 0.05) is 27.7 Å². The maximum atomic E-state index is 12.8. The monoisotopic (exact) mass is 420 g/mol. The van der Waals surface area contributed by atoms with Crippen LogP contribution in [0, 0.1) is 6.92 Å². The number of hydrogen-bond acceptors (Lipinski definition) is 4. The van der Waals surface area contributed by atoms with E-state index in [1.807, 2.05) is 91.9 Å². The molecule has 0 aliphatic carbocycles. The number of carbonyl (C=O) groups excluding carboxylic acids is 1. The van der Waals surface area contributed by atoms with Gasteiger partial charge in [-0.3, -0.25) is 4.79 Å². The van der Waals surface area contributed by atoms with Crippen molar-refractivity contribution in [2.45, 2.75) is 6.92 Å². The molecular weight excluding hydrogens is 400 g/mol. The predicted molar refractivity (Wildman–Crippen MR) is 125 cm³/mol. The molecule has 0 atom stereocenters. The Morgan fingerprint density at radius 2 is 1.66 bits per heavy atom. The summed E-state index contributed by atoms with van der Waals surface area (Å²) in [5.74, 6) is 0.143. The Labute approximate surface area is 184 Å². The maximum Gasteiger partial charge on any atom is 0.311 e. The average Bonchev–Trinajstić information content (AvgIpc) is 3.42. The van der Waals surface area contributed by atoms with Crippen LogP contribution in [0.1, 0.15) is 21.9 Å². The highest BCUT2D eigenvalue weighted by Crippen LogP contribution is 2.21. The van der Waals surface area contributed by atoms with Crippen LogP contribution in [-0.4, -0.2) is 31.9 Å². The van der Waals surface area contributed by atoms with Crippen LogP contribution < -0.4 is 5.43 Å². The lowest BCUT2D eigenvalue weighted by atomic mass is 10.1. The molecule has 0 bridgehead atoms. The zero-order valence-corrected chi connectivity index (χ0v) is 17.4. The number of carbonyl (C=O) groups is 1. The van der Waals surface area contributed by atoms with Crippen LogP contribution >= 0.6 is 0 Å². The van der Waals surface area contributed by atoms with Gasteiger partial charge in [-0.15, -0.1) is 5.10 Å². The molecule has 0 saturated heterocycles. The van der Waals surface area contributed by atoms with Gasteiger partial charge in [-0.1, -0.05) is 66.7 Å². The molecule has 0 aliphatic heterocycles. The number of aromatic amines is 1. The SMILES string of the molecule is Cc1[nH]c2ccccc2c1/C=N\NC(=O)c1nc(-c2ccccc2)n(-c2ccccc2)n1. The number of nitrogens with zero attached hydrogens (tertiary/aromatic N) is 4. The molecule has 0 aliphatic rings. The molecule has 32 heavy (non-hydrogen) atoms. The largest absolute Gasteiger partial charge is 0.358 e. The summed E-state index contributed by atoms with van der Waals surface area (Å²) in [4.78, 5) is 20.6. The van der Waals surface area contributed by atoms with Crippen LogP contribution in [0.3, 0.4) is 0 Å². The summed E-state index contributed by atoms with van der Waals surface area (Å²) in [6.45, 7) is 1.97. The number of hydrogen-bond donors (Lipinski definition) is 2. The zero-order valence-electron chi connectivity index (χ0n) is 17.4. The van der Waals surface area contributed by atoms with Crippen molar-refractivity contribution in [1.82, 2.24) is 25.2 Å². The molecule has 5 aromatic rings. The fraction of sp³-hybridized carbons (Fsp3) is 0.0400. The average molecular weight is 420 g/mol. The minimum absolute atomic E-state index is 0.0421. The highest BCUT2D eigenvalue weighted by molar-refractivity contribution is 6.01. The standard InChI is InChI=1S/C25H20N6O/c1-17-21(20-14-8-9-15-22(20)27-17)16-26-29-25(32)23-28-24(18-10-4-2-5-11-18)31(30-23)19-12-6-3-7-13-19/h2-16,27H,1H3,(H,29,32)/b26-16-. The molecule has 3 aromatic carbocycles. The van der Waals surface area contributed by atoms with Gasteiger partial charge in [0.05, 0.1) is 11.9 Å². The molecule has 0 radical (unpaired) electrons. The van der Waals surface area contributed by atoms with E-state index in [2.05, 4.69) is 25.6 Å². The number of aryl methyl sites for hydroxylation is 1. The molecule has 0 saturated carbocycles. The summed E-state index contributed by atoms with van der Waals surface area (Å²) < 4.78 is 1.66. The number of hydrazone groups is 1. The molecule has 1 amide bonds. The van der Waals surface area contributed by atoms with Gasteiger partial charge in [0.2, 0.25) is 5.82 Å². The third-order valence-corrected chi connectivity index (χ3v) is 5.15. The second-order valence-corrected chi connectivity index (χ2v) is 7.28. The van der Waals surface area contributed by atoms with Crippen LogP contribution in [0.5, 0.6) is 0 Å². The molecule has 5 rings (SSSR count). The summed E-state index contributed by atoms with van der Waals surface area (Å²) in [6, 6.07) is 27.2. The third kappa shape index (κ3) is 3.67. The molecule has 0 spiro atoms. The van der Waals surface area contributed by atoms with Crippen molar-refractivity contribution in [2.24, 2.45) is 5.10 Å². The second-order valence-electron chi connectivity index (χ2n) is 7.28. The molecule has 7 heteroatoms. The van der Waals surface area contributed by atoms with Gasteiger partial charge >= 0.3 is 5.91 Å². The van der Waals surface area contributed by atoms with E-state index in [4.69, 9.17) is 0 Å². The lowest BCUT2D eigenvalue weighted by Crippen LogP contribution is -2.19. The van der Waals surface area contributed by atoms with E-state index in [0.717, 1.165) is 33.4 Å². The Morgan fingerprint density at radius 1 is 0.969 bits per heavy atom. The van der Waals surface area contributed by atoms with E-state index in [0.29, 0.717) is 5.82 Å².